The summed E-state index contributed by atoms with van der Waals surface area (Å²) in [5.74, 6) is 0. The number of nitrogens with two attached hydrogens (primary N) is 1. The summed E-state index contributed by atoms with van der Waals surface area (Å²) in [6, 6.07) is 1.64. The number of sulfonamides is 1. The highest BCUT2D eigenvalue weighted by molar-refractivity contribution is 7.93. The number of aryl methyl sites for hydroxylation is 3. The number of hydrogen-bond donors (Lipinski definition) is 2. The van der Waals surface area contributed by atoms with Crippen molar-refractivity contribution in [3.05, 3.63) is 26.4 Å². The van der Waals surface area contributed by atoms with Gasteiger partial charge in [-0.25, -0.2) is 13.4 Å². The molecule has 0 unspecified atom stereocenters. The van der Waals surface area contributed by atoms with Gasteiger partial charge in [0.25, 0.3) is 10.0 Å². The summed E-state index contributed by atoms with van der Waals surface area (Å²) >= 11 is 2.85. The number of anilines is 1. The number of nitrogens with zero attached hydrogens (tertiary/aromatic N) is 1. The lowest BCUT2D eigenvalue weighted by Crippen LogP contribution is -2.13. The highest BCUT2D eigenvalue weighted by Gasteiger charge is 2.23. The monoisotopic (exact) mass is 329 g/mol. The lowest BCUT2D eigenvalue weighted by Gasteiger charge is -2.04. The van der Waals surface area contributed by atoms with E-state index in [1.807, 2.05) is 0 Å². The average Bonchev–Trinajstić information content (AvgIpc) is 3.02. The molecule has 0 fully saturated rings. The Hall–Kier alpha value is -0.960. The SMILES string of the molecule is Cc1sc(CN)cc1S(=O)(=O)Nc1nc2c(s1)CCC2. The summed E-state index contributed by atoms with van der Waals surface area (Å²) in [6.07, 6.45) is 3.07. The van der Waals surface area contributed by atoms with Crippen LogP contribution >= 0.6 is 22.7 Å². The van der Waals surface area contributed by atoms with Gasteiger partial charge >= 0.3 is 0 Å². The molecular weight excluding hydrogens is 314 g/mol. The van der Waals surface area contributed by atoms with E-state index < -0.39 is 10.0 Å². The fourth-order valence-electron chi connectivity index (χ4n) is 2.30. The van der Waals surface area contributed by atoms with Gasteiger partial charge < -0.3 is 5.73 Å². The third kappa shape index (κ3) is 2.48. The smallest absolute Gasteiger partial charge is 0.264 e. The van der Waals surface area contributed by atoms with Crippen LogP contribution in [0.3, 0.4) is 0 Å². The topological polar surface area (TPSA) is 85.1 Å². The van der Waals surface area contributed by atoms with E-state index in [0.717, 1.165) is 34.7 Å². The van der Waals surface area contributed by atoms with Gasteiger partial charge in [0.2, 0.25) is 0 Å². The summed E-state index contributed by atoms with van der Waals surface area (Å²) in [5, 5.41) is 0.467. The molecule has 0 saturated carbocycles. The largest absolute Gasteiger partial charge is 0.326 e. The predicted molar refractivity (Wildman–Crippen MR) is 81.9 cm³/mol. The Kier molecular flexibility index (Phi) is 3.57. The van der Waals surface area contributed by atoms with Crippen LogP contribution in [0.25, 0.3) is 0 Å². The fourth-order valence-corrected chi connectivity index (χ4v) is 6.10. The Morgan fingerprint density at radius 2 is 2.20 bits per heavy atom. The minimum atomic E-state index is -3.57. The molecule has 2 aromatic heterocycles. The molecule has 1 aliphatic carbocycles. The number of rotatable bonds is 4. The number of fused-ring (bicyclic) bond motifs is 1. The number of nitrogens with one attached hydrogen (secondary N) is 1. The number of thiophene rings is 1. The van der Waals surface area contributed by atoms with Crippen molar-refractivity contribution in [2.24, 2.45) is 5.73 Å². The van der Waals surface area contributed by atoms with Crippen molar-refractivity contribution >= 4 is 37.8 Å². The van der Waals surface area contributed by atoms with E-state index in [0.29, 0.717) is 16.6 Å². The van der Waals surface area contributed by atoms with Crippen LogP contribution < -0.4 is 10.5 Å². The maximum Gasteiger partial charge on any atom is 0.264 e. The highest BCUT2D eigenvalue weighted by Crippen LogP contribution is 2.33. The lowest BCUT2D eigenvalue weighted by atomic mass is 10.4. The summed E-state index contributed by atoms with van der Waals surface area (Å²) in [7, 11) is -3.57. The Labute approximate surface area is 125 Å². The van der Waals surface area contributed by atoms with Crippen molar-refractivity contribution < 1.29 is 8.42 Å². The van der Waals surface area contributed by atoms with Crippen LogP contribution in [-0.2, 0) is 29.4 Å². The molecule has 0 radical (unpaired) electrons. The molecule has 0 spiro atoms. The van der Waals surface area contributed by atoms with Gasteiger partial charge in [0, 0.05) is 21.2 Å². The van der Waals surface area contributed by atoms with Crippen LogP contribution in [0.1, 0.15) is 26.7 Å². The Balaban J connectivity index is 1.89. The second-order valence-corrected chi connectivity index (χ2v) is 8.76. The van der Waals surface area contributed by atoms with Gasteiger partial charge in [0.05, 0.1) is 5.69 Å². The van der Waals surface area contributed by atoms with Gasteiger partial charge in [0.15, 0.2) is 5.13 Å². The summed E-state index contributed by atoms with van der Waals surface area (Å²) < 4.78 is 27.4. The molecule has 0 atom stereocenters. The highest BCUT2D eigenvalue weighted by atomic mass is 32.2. The molecule has 0 saturated heterocycles. The molecule has 5 nitrogen and oxygen atoms in total. The molecular formula is C12H15N3O2S3. The number of thiazole rings is 1. The van der Waals surface area contributed by atoms with Gasteiger partial charge in [-0.05, 0) is 32.3 Å². The van der Waals surface area contributed by atoms with Gasteiger partial charge in [-0.15, -0.1) is 22.7 Å². The zero-order chi connectivity index (χ0) is 14.3. The minimum Gasteiger partial charge on any atom is -0.326 e. The average molecular weight is 329 g/mol. The van der Waals surface area contributed by atoms with Gasteiger partial charge in [0.1, 0.15) is 4.90 Å². The number of hydrogen-bond acceptors (Lipinski definition) is 6. The van der Waals surface area contributed by atoms with Crippen molar-refractivity contribution in [2.45, 2.75) is 37.6 Å². The van der Waals surface area contributed by atoms with E-state index in [4.69, 9.17) is 5.73 Å². The normalized spacial score (nSPS) is 14.5. The second-order valence-electron chi connectivity index (χ2n) is 4.69. The predicted octanol–water partition coefficient (Wildman–Crippen LogP) is 2.26. The fraction of sp³-hybridized carbons (Fsp3) is 0.417. The van der Waals surface area contributed by atoms with Crippen molar-refractivity contribution in [3.63, 3.8) is 0 Å². The zero-order valence-corrected chi connectivity index (χ0v) is 13.4. The first-order valence-electron chi connectivity index (χ1n) is 6.30. The molecule has 0 aliphatic heterocycles. The molecule has 8 heteroatoms. The quantitative estimate of drug-likeness (QED) is 0.901. The van der Waals surface area contributed by atoms with E-state index in [9.17, 15) is 8.42 Å². The molecule has 2 heterocycles. The van der Waals surface area contributed by atoms with Crippen molar-refractivity contribution in [3.8, 4) is 0 Å². The van der Waals surface area contributed by atoms with Crippen molar-refractivity contribution in [1.82, 2.24) is 4.98 Å². The van der Waals surface area contributed by atoms with Crippen LogP contribution in [0.4, 0.5) is 5.13 Å². The third-order valence-electron chi connectivity index (χ3n) is 3.23. The first-order chi connectivity index (χ1) is 9.49. The molecule has 0 aromatic carbocycles. The first kappa shape index (κ1) is 14.0. The maximum absolute atomic E-state index is 12.4. The van der Waals surface area contributed by atoms with Gasteiger partial charge in [-0.1, -0.05) is 0 Å². The van der Waals surface area contributed by atoms with Gasteiger partial charge in [-0.3, -0.25) is 4.72 Å². The van der Waals surface area contributed by atoms with Crippen LogP contribution in [-0.4, -0.2) is 13.4 Å². The van der Waals surface area contributed by atoms with E-state index in [1.165, 1.54) is 27.6 Å². The lowest BCUT2D eigenvalue weighted by molar-refractivity contribution is 0.601. The number of aromatic nitrogens is 1. The van der Waals surface area contributed by atoms with Crippen molar-refractivity contribution in [1.29, 1.82) is 0 Å². The molecule has 0 amide bonds. The van der Waals surface area contributed by atoms with Crippen LogP contribution in [0, 0.1) is 6.92 Å². The molecule has 108 valence electrons. The Bertz CT molecular complexity index is 725. The maximum atomic E-state index is 12.4. The van der Waals surface area contributed by atoms with E-state index in [1.54, 1.807) is 13.0 Å². The molecule has 1 aliphatic rings. The van der Waals surface area contributed by atoms with Crippen molar-refractivity contribution in [2.75, 3.05) is 4.72 Å². The van der Waals surface area contributed by atoms with Gasteiger partial charge in [-0.2, -0.15) is 0 Å². The Morgan fingerprint density at radius 3 is 2.85 bits per heavy atom. The summed E-state index contributed by atoms with van der Waals surface area (Å²) in [6.45, 7) is 2.15. The molecule has 20 heavy (non-hydrogen) atoms. The molecule has 0 bridgehead atoms. The second kappa shape index (κ2) is 5.10. The van der Waals surface area contributed by atoms with E-state index in [2.05, 4.69) is 9.71 Å². The van der Waals surface area contributed by atoms with Crippen LogP contribution in [0.5, 0.6) is 0 Å². The zero-order valence-electron chi connectivity index (χ0n) is 11.0. The van der Waals surface area contributed by atoms with E-state index in [-0.39, 0.29) is 0 Å². The molecule has 2 aromatic rings. The summed E-state index contributed by atoms with van der Waals surface area (Å²) in [5.41, 5.74) is 6.60. The third-order valence-corrected chi connectivity index (χ3v) is 7.10. The first-order valence-corrected chi connectivity index (χ1v) is 9.42. The van der Waals surface area contributed by atoms with Crippen LogP contribution in [0.2, 0.25) is 0 Å². The molecule has 3 N–H and O–H groups in total. The van der Waals surface area contributed by atoms with Crippen LogP contribution in [0.15, 0.2) is 11.0 Å². The summed E-state index contributed by atoms with van der Waals surface area (Å²) in [4.78, 5) is 7.49. The van der Waals surface area contributed by atoms with E-state index >= 15 is 0 Å². The minimum absolute atomic E-state index is 0.304. The standard InChI is InChI=1S/C12H15N3O2S3/c1-7-11(5-8(6-13)18-7)20(16,17)15-12-14-9-3-2-4-10(9)19-12/h5H,2-4,6,13H2,1H3,(H,14,15). The Morgan fingerprint density at radius 1 is 1.40 bits per heavy atom. The molecule has 3 rings (SSSR count).